The molecule has 1 aliphatic rings. The van der Waals surface area contributed by atoms with E-state index in [2.05, 4.69) is 10.1 Å². The highest BCUT2D eigenvalue weighted by atomic mass is 16.5. The lowest BCUT2D eigenvalue weighted by Crippen LogP contribution is -2.29. The molecule has 0 bridgehead atoms. The number of carbonyl (C=O) groups excluding carboxylic acids is 1. The summed E-state index contributed by atoms with van der Waals surface area (Å²) in [5.41, 5.74) is 1.09. The quantitative estimate of drug-likeness (QED) is 0.850. The molecule has 124 valence electrons. The number of carbonyl (C=O) groups is 1. The van der Waals surface area contributed by atoms with E-state index >= 15 is 0 Å². The Hall–Kier alpha value is -2.72. The van der Waals surface area contributed by atoms with Crippen molar-refractivity contribution >= 4 is 5.91 Å². The molecule has 0 aliphatic carbocycles. The normalized spacial score (nSPS) is 20.1. The highest BCUT2D eigenvalue weighted by Crippen LogP contribution is 2.32. The Morgan fingerprint density at radius 3 is 2.75 bits per heavy atom. The van der Waals surface area contributed by atoms with Crippen molar-refractivity contribution in [1.29, 1.82) is 5.26 Å². The van der Waals surface area contributed by atoms with Gasteiger partial charge in [-0.2, -0.15) is 10.2 Å². The smallest absolute Gasteiger partial charge is 0.253 e. The molecule has 1 amide bonds. The third-order valence-corrected chi connectivity index (χ3v) is 4.23. The lowest BCUT2D eigenvalue weighted by Gasteiger charge is -2.16. The van der Waals surface area contributed by atoms with E-state index in [1.54, 1.807) is 43.2 Å². The maximum Gasteiger partial charge on any atom is 0.253 e. The molecule has 7 nitrogen and oxygen atoms in total. The minimum Gasteiger partial charge on any atom is -0.384 e. The van der Waals surface area contributed by atoms with Crippen molar-refractivity contribution in [2.45, 2.75) is 12.8 Å². The molecule has 0 unspecified atom stereocenters. The standard InChI is InChI=1S/C17H18N4O3/c1-11-19-16(24-20-11)15-9-21(8-14(15)10-23-2)17(22)13-5-3-12(7-18)4-6-13/h3-6,14-15H,8-10H2,1-2H3/t14-,15+/m0/s1. The molecule has 2 heterocycles. The highest BCUT2D eigenvalue weighted by Gasteiger charge is 2.39. The van der Waals surface area contributed by atoms with Gasteiger partial charge in [-0.05, 0) is 31.2 Å². The van der Waals surface area contributed by atoms with Gasteiger partial charge in [-0.3, -0.25) is 4.79 Å². The maximum atomic E-state index is 12.7. The maximum absolute atomic E-state index is 12.7. The fourth-order valence-corrected chi connectivity index (χ4v) is 3.03. The third kappa shape index (κ3) is 3.14. The van der Waals surface area contributed by atoms with Crippen molar-refractivity contribution in [2.75, 3.05) is 26.8 Å². The second-order valence-electron chi connectivity index (χ2n) is 5.90. The number of hydrogen-bond donors (Lipinski definition) is 0. The number of methoxy groups -OCH3 is 1. The molecule has 7 heteroatoms. The first-order valence-corrected chi connectivity index (χ1v) is 7.71. The molecule has 1 fully saturated rings. The second-order valence-corrected chi connectivity index (χ2v) is 5.90. The summed E-state index contributed by atoms with van der Waals surface area (Å²) in [5.74, 6) is 1.13. The van der Waals surface area contributed by atoms with Crippen LogP contribution in [0, 0.1) is 24.2 Å². The Kier molecular flexibility index (Phi) is 4.58. The molecule has 0 saturated carbocycles. The van der Waals surface area contributed by atoms with Crippen LogP contribution in [0.5, 0.6) is 0 Å². The number of nitrogens with zero attached hydrogens (tertiary/aromatic N) is 4. The number of ether oxygens (including phenoxy) is 1. The summed E-state index contributed by atoms with van der Waals surface area (Å²) in [4.78, 5) is 18.8. The van der Waals surface area contributed by atoms with Gasteiger partial charge in [0.2, 0.25) is 5.89 Å². The van der Waals surface area contributed by atoms with Crippen LogP contribution in [0.2, 0.25) is 0 Å². The number of nitriles is 1. The molecule has 2 aromatic rings. The van der Waals surface area contributed by atoms with E-state index in [9.17, 15) is 4.79 Å². The number of amides is 1. The predicted molar refractivity (Wildman–Crippen MR) is 84.2 cm³/mol. The van der Waals surface area contributed by atoms with Crippen LogP contribution in [0.1, 0.15) is 33.6 Å². The van der Waals surface area contributed by atoms with Gasteiger partial charge in [-0.1, -0.05) is 5.16 Å². The summed E-state index contributed by atoms with van der Waals surface area (Å²) in [7, 11) is 1.64. The molecule has 1 aromatic heterocycles. The van der Waals surface area contributed by atoms with Crippen LogP contribution in [0.25, 0.3) is 0 Å². The van der Waals surface area contributed by atoms with Gasteiger partial charge in [0.05, 0.1) is 24.2 Å². The molecule has 3 rings (SSSR count). The molecule has 24 heavy (non-hydrogen) atoms. The molecule has 1 aliphatic heterocycles. The van der Waals surface area contributed by atoms with Crippen molar-refractivity contribution in [3.8, 4) is 6.07 Å². The molecule has 0 N–H and O–H groups in total. The van der Waals surface area contributed by atoms with Gasteiger partial charge in [0.15, 0.2) is 5.82 Å². The fourth-order valence-electron chi connectivity index (χ4n) is 3.03. The van der Waals surface area contributed by atoms with Gasteiger partial charge >= 0.3 is 0 Å². The summed E-state index contributed by atoms with van der Waals surface area (Å²) in [6.07, 6.45) is 0. The van der Waals surface area contributed by atoms with Gasteiger partial charge in [0, 0.05) is 31.7 Å². The van der Waals surface area contributed by atoms with Gasteiger partial charge in [-0.15, -0.1) is 0 Å². The van der Waals surface area contributed by atoms with E-state index < -0.39 is 0 Å². The lowest BCUT2D eigenvalue weighted by atomic mass is 9.97. The number of aryl methyl sites for hydroxylation is 1. The van der Waals surface area contributed by atoms with Crippen molar-refractivity contribution < 1.29 is 14.1 Å². The van der Waals surface area contributed by atoms with E-state index in [-0.39, 0.29) is 17.7 Å². The summed E-state index contributed by atoms with van der Waals surface area (Å²) in [6.45, 7) is 3.36. The van der Waals surface area contributed by atoms with Crippen LogP contribution in [-0.2, 0) is 4.74 Å². The van der Waals surface area contributed by atoms with Crippen LogP contribution < -0.4 is 0 Å². The number of benzene rings is 1. The van der Waals surface area contributed by atoms with Crippen LogP contribution in [0.4, 0.5) is 0 Å². The van der Waals surface area contributed by atoms with Gasteiger partial charge in [0.25, 0.3) is 5.91 Å². The van der Waals surface area contributed by atoms with Crippen molar-refractivity contribution in [3.63, 3.8) is 0 Å². The Labute approximate surface area is 139 Å². The van der Waals surface area contributed by atoms with E-state index in [4.69, 9.17) is 14.5 Å². The highest BCUT2D eigenvalue weighted by molar-refractivity contribution is 5.94. The first-order valence-electron chi connectivity index (χ1n) is 7.71. The Morgan fingerprint density at radius 2 is 2.17 bits per heavy atom. The predicted octanol–water partition coefficient (Wildman–Crippen LogP) is 1.75. The summed E-state index contributed by atoms with van der Waals surface area (Å²) < 4.78 is 10.6. The van der Waals surface area contributed by atoms with Crippen LogP contribution in [0.3, 0.4) is 0 Å². The van der Waals surface area contributed by atoms with Crippen LogP contribution in [-0.4, -0.2) is 47.8 Å². The topological polar surface area (TPSA) is 92.2 Å². The Bertz CT molecular complexity index is 763. The SMILES string of the molecule is COC[C@@H]1CN(C(=O)c2ccc(C#N)cc2)C[C@H]1c1nc(C)no1. The minimum atomic E-state index is -0.0701. The largest absolute Gasteiger partial charge is 0.384 e. The zero-order valence-electron chi connectivity index (χ0n) is 13.6. The molecular formula is C17H18N4O3. The Morgan fingerprint density at radius 1 is 1.42 bits per heavy atom. The lowest BCUT2D eigenvalue weighted by molar-refractivity contribution is 0.0775. The number of aromatic nitrogens is 2. The molecular weight excluding hydrogens is 308 g/mol. The zero-order valence-corrected chi connectivity index (χ0v) is 13.6. The van der Waals surface area contributed by atoms with Crippen molar-refractivity contribution in [3.05, 3.63) is 47.1 Å². The Balaban J connectivity index is 1.79. The van der Waals surface area contributed by atoms with E-state index in [0.717, 1.165) is 0 Å². The average molecular weight is 326 g/mol. The van der Waals surface area contributed by atoms with E-state index in [1.807, 2.05) is 6.07 Å². The fraction of sp³-hybridized carbons (Fsp3) is 0.412. The summed E-state index contributed by atoms with van der Waals surface area (Å²) >= 11 is 0. The van der Waals surface area contributed by atoms with Gasteiger partial charge < -0.3 is 14.2 Å². The molecule has 0 radical (unpaired) electrons. The van der Waals surface area contributed by atoms with E-state index in [1.165, 1.54) is 0 Å². The van der Waals surface area contributed by atoms with Crippen molar-refractivity contribution in [2.24, 2.45) is 5.92 Å². The van der Waals surface area contributed by atoms with Crippen molar-refractivity contribution in [1.82, 2.24) is 15.0 Å². The average Bonchev–Trinajstić information content (AvgIpc) is 3.21. The molecule has 2 atom stereocenters. The minimum absolute atomic E-state index is 0.0338. The number of likely N-dealkylation sites (tertiary alicyclic amines) is 1. The molecule has 1 saturated heterocycles. The summed E-state index contributed by atoms with van der Waals surface area (Å²) in [5, 5.41) is 12.7. The van der Waals surface area contributed by atoms with Gasteiger partial charge in [0.1, 0.15) is 0 Å². The monoisotopic (exact) mass is 326 g/mol. The third-order valence-electron chi connectivity index (χ3n) is 4.23. The second kappa shape index (κ2) is 6.81. The van der Waals surface area contributed by atoms with Gasteiger partial charge in [-0.25, -0.2) is 0 Å². The molecule has 0 spiro atoms. The van der Waals surface area contributed by atoms with Crippen LogP contribution >= 0.6 is 0 Å². The zero-order chi connectivity index (χ0) is 17.1. The number of rotatable bonds is 4. The first kappa shape index (κ1) is 16.1. The molecule has 1 aromatic carbocycles. The first-order chi connectivity index (χ1) is 11.6. The summed E-state index contributed by atoms with van der Waals surface area (Å²) in [6, 6.07) is 8.70. The van der Waals surface area contributed by atoms with E-state index in [0.29, 0.717) is 42.5 Å². The van der Waals surface area contributed by atoms with Crippen LogP contribution in [0.15, 0.2) is 28.8 Å². The number of hydrogen-bond acceptors (Lipinski definition) is 6.